The lowest BCUT2D eigenvalue weighted by molar-refractivity contribution is 0.595. The molecule has 1 aromatic carbocycles. The van der Waals surface area contributed by atoms with Crippen LogP contribution in [0.25, 0.3) is 11.0 Å². The molecule has 0 saturated heterocycles. The minimum absolute atomic E-state index is 0.155. The molecule has 80 valence electrons. The molecule has 0 spiro atoms. The molecule has 0 bridgehead atoms. The van der Waals surface area contributed by atoms with Crippen LogP contribution < -0.4 is 11.4 Å². The quantitative estimate of drug-likeness (QED) is 0.699. The summed E-state index contributed by atoms with van der Waals surface area (Å²) in [6.07, 6.45) is 0.891. The van der Waals surface area contributed by atoms with Gasteiger partial charge in [0.15, 0.2) is 0 Å². The van der Waals surface area contributed by atoms with Crippen LogP contribution in [0.5, 0.6) is 0 Å². The van der Waals surface area contributed by atoms with Gasteiger partial charge in [-0.25, -0.2) is 4.79 Å². The van der Waals surface area contributed by atoms with Crippen molar-refractivity contribution in [2.75, 3.05) is 6.54 Å². The number of fused-ring (bicyclic) bond motifs is 1. The van der Waals surface area contributed by atoms with Crippen LogP contribution in [0.15, 0.2) is 23.0 Å². The van der Waals surface area contributed by atoms with Gasteiger partial charge in [-0.15, -0.1) is 0 Å². The van der Waals surface area contributed by atoms with Crippen LogP contribution in [-0.4, -0.2) is 16.5 Å². The molecule has 4 nitrogen and oxygen atoms in total. The van der Waals surface area contributed by atoms with Crippen molar-refractivity contribution in [1.82, 2.24) is 9.97 Å². The molecule has 1 heterocycles. The molecular weight excluding hydrogens is 190 g/mol. The standard InChI is InChI=1S/C11H15N3O/c1-7(6-12)5-8-3-2-4-9-10(8)14-11(15)13-9/h2-4,7H,5-6,12H2,1H3,(H2,13,14,15). The zero-order valence-corrected chi connectivity index (χ0v) is 8.71. The van der Waals surface area contributed by atoms with E-state index < -0.39 is 0 Å². The molecular formula is C11H15N3O. The lowest BCUT2D eigenvalue weighted by atomic mass is 10.0. The van der Waals surface area contributed by atoms with E-state index in [1.807, 2.05) is 18.2 Å². The van der Waals surface area contributed by atoms with Crippen molar-refractivity contribution in [2.24, 2.45) is 11.7 Å². The van der Waals surface area contributed by atoms with Crippen molar-refractivity contribution >= 4 is 11.0 Å². The first-order valence-corrected chi connectivity index (χ1v) is 5.10. The summed E-state index contributed by atoms with van der Waals surface area (Å²) in [6.45, 7) is 2.76. The van der Waals surface area contributed by atoms with Crippen LogP contribution in [0.3, 0.4) is 0 Å². The molecule has 1 aromatic heterocycles. The Labute approximate surface area is 87.5 Å². The molecule has 0 amide bonds. The summed E-state index contributed by atoms with van der Waals surface area (Å²) in [6, 6.07) is 5.87. The van der Waals surface area contributed by atoms with Crippen LogP contribution in [0.1, 0.15) is 12.5 Å². The normalized spacial score (nSPS) is 13.2. The van der Waals surface area contributed by atoms with Crippen LogP contribution >= 0.6 is 0 Å². The summed E-state index contributed by atoms with van der Waals surface area (Å²) in [5, 5.41) is 0. The molecule has 1 unspecified atom stereocenters. The first kappa shape index (κ1) is 9.98. The minimum atomic E-state index is -0.155. The van der Waals surface area contributed by atoms with E-state index in [9.17, 15) is 4.79 Å². The van der Waals surface area contributed by atoms with E-state index in [4.69, 9.17) is 5.73 Å². The van der Waals surface area contributed by atoms with Gasteiger partial charge in [-0.3, -0.25) is 0 Å². The monoisotopic (exact) mass is 205 g/mol. The highest BCUT2D eigenvalue weighted by molar-refractivity contribution is 5.78. The fourth-order valence-corrected chi connectivity index (χ4v) is 1.75. The van der Waals surface area contributed by atoms with Gasteiger partial charge >= 0.3 is 5.69 Å². The zero-order valence-electron chi connectivity index (χ0n) is 8.71. The van der Waals surface area contributed by atoms with E-state index >= 15 is 0 Å². The average Bonchev–Trinajstić information content (AvgIpc) is 2.59. The maximum absolute atomic E-state index is 11.2. The molecule has 0 aliphatic carbocycles. The van der Waals surface area contributed by atoms with Gasteiger partial charge in [0, 0.05) is 0 Å². The number of rotatable bonds is 3. The van der Waals surface area contributed by atoms with Gasteiger partial charge in [-0.1, -0.05) is 19.1 Å². The Morgan fingerprint density at radius 1 is 1.40 bits per heavy atom. The van der Waals surface area contributed by atoms with E-state index in [1.54, 1.807) is 0 Å². The van der Waals surface area contributed by atoms with Crippen molar-refractivity contribution < 1.29 is 0 Å². The number of aromatic amines is 2. The van der Waals surface area contributed by atoms with Gasteiger partial charge in [0.05, 0.1) is 11.0 Å². The first-order chi connectivity index (χ1) is 7.20. The third kappa shape index (κ3) is 1.94. The van der Waals surface area contributed by atoms with Gasteiger partial charge in [0.2, 0.25) is 0 Å². The molecule has 4 N–H and O–H groups in total. The smallest absolute Gasteiger partial charge is 0.323 e. The lowest BCUT2D eigenvalue weighted by Gasteiger charge is -2.08. The Morgan fingerprint density at radius 2 is 2.20 bits per heavy atom. The first-order valence-electron chi connectivity index (χ1n) is 5.10. The second-order valence-electron chi connectivity index (χ2n) is 3.96. The van der Waals surface area contributed by atoms with Gasteiger partial charge in [-0.05, 0) is 30.5 Å². The molecule has 0 aliphatic rings. The SMILES string of the molecule is CC(CN)Cc1cccc2[nH]c(=O)[nH]c12. The van der Waals surface area contributed by atoms with Crippen LogP contribution in [0.4, 0.5) is 0 Å². The highest BCUT2D eigenvalue weighted by atomic mass is 16.1. The van der Waals surface area contributed by atoms with Crippen molar-refractivity contribution in [1.29, 1.82) is 0 Å². The summed E-state index contributed by atoms with van der Waals surface area (Å²) in [5.74, 6) is 0.425. The number of hydrogen-bond acceptors (Lipinski definition) is 2. The predicted molar refractivity (Wildman–Crippen MR) is 60.8 cm³/mol. The highest BCUT2D eigenvalue weighted by Crippen LogP contribution is 2.16. The van der Waals surface area contributed by atoms with Crippen LogP contribution in [-0.2, 0) is 6.42 Å². The third-order valence-electron chi connectivity index (χ3n) is 2.61. The maximum Gasteiger partial charge on any atom is 0.323 e. The summed E-state index contributed by atoms with van der Waals surface area (Å²) in [7, 11) is 0. The summed E-state index contributed by atoms with van der Waals surface area (Å²) >= 11 is 0. The van der Waals surface area contributed by atoms with Crippen molar-refractivity contribution in [2.45, 2.75) is 13.3 Å². The van der Waals surface area contributed by atoms with E-state index in [-0.39, 0.29) is 5.69 Å². The number of aromatic nitrogens is 2. The molecule has 0 saturated carbocycles. The maximum atomic E-state index is 11.2. The molecule has 4 heteroatoms. The molecule has 0 fully saturated rings. The molecule has 0 aliphatic heterocycles. The van der Waals surface area contributed by atoms with Gasteiger partial charge in [0.1, 0.15) is 0 Å². The summed E-state index contributed by atoms with van der Waals surface area (Å²) < 4.78 is 0. The number of nitrogens with two attached hydrogens (primary N) is 1. The number of hydrogen-bond donors (Lipinski definition) is 3. The largest absolute Gasteiger partial charge is 0.330 e. The Morgan fingerprint density at radius 3 is 2.93 bits per heavy atom. The number of para-hydroxylation sites is 1. The number of nitrogens with one attached hydrogen (secondary N) is 2. The van der Waals surface area contributed by atoms with Crippen molar-refractivity contribution in [3.63, 3.8) is 0 Å². The Hall–Kier alpha value is -1.55. The van der Waals surface area contributed by atoms with Crippen LogP contribution in [0.2, 0.25) is 0 Å². The number of benzene rings is 1. The predicted octanol–water partition coefficient (Wildman–Crippen LogP) is 0.994. The topological polar surface area (TPSA) is 74.7 Å². The molecule has 2 aromatic rings. The van der Waals surface area contributed by atoms with Crippen molar-refractivity contribution in [3.8, 4) is 0 Å². The van der Waals surface area contributed by atoms with Gasteiger partial charge in [-0.2, -0.15) is 0 Å². The van der Waals surface area contributed by atoms with Gasteiger partial charge in [0.25, 0.3) is 0 Å². The number of H-pyrrole nitrogens is 2. The minimum Gasteiger partial charge on any atom is -0.330 e. The molecule has 15 heavy (non-hydrogen) atoms. The van der Waals surface area contributed by atoms with E-state index in [0.717, 1.165) is 23.0 Å². The number of imidazole rings is 1. The van der Waals surface area contributed by atoms with E-state index in [0.29, 0.717) is 12.5 Å². The highest BCUT2D eigenvalue weighted by Gasteiger charge is 2.07. The fraction of sp³-hybridized carbons (Fsp3) is 0.364. The molecule has 2 rings (SSSR count). The summed E-state index contributed by atoms with van der Waals surface area (Å²) in [4.78, 5) is 16.7. The van der Waals surface area contributed by atoms with Crippen LogP contribution in [0, 0.1) is 5.92 Å². The zero-order chi connectivity index (χ0) is 10.8. The molecule has 1 atom stereocenters. The van der Waals surface area contributed by atoms with E-state index in [1.165, 1.54) is 0 Å². The Balaban J connectivity index is 2.46. The third-order valence-corrected chi connectivity index (χ3v) is 2.61. The summed E-state index contributed by atoms with van der Waals surface area (Å²) in [5.41, 5.74) is 8.35. The fourth-order valence-electron chi connectivity index (χ4n) is 1.75. The Bertz CT molecular complexity index is 512. The Kier molecular flexibility index (Phi) is 2.60. The second kappa shape index (κ2) is 3.90. The molecule has 0 radical (unpaired) electrons. The average molecular weight is 205 g/mol. The van der Waals surface area contributed by atoms with Gasteiger partial charge < -0.3 is 15.7 Å². The van der Waals surface area contributed by atoms with Crippen molar-refractivity contribution in [3.05, 3.63) is 34.2 Å². The van der Waals surface area contributed by atoms with E-state index in [2.05, 4.69) is 16.9 Å². The second-order valence-corrected chi connectivity index (χ2v) is 3.96. The lowest BCUT2D eigenvalue weighted by Crippen LogP contribution is -2.13.